The molecule has 434 valence electrons. The molecule has 0 saturated carbocycles. The lowest BCUT2D eigenvalue weighted by Gasteiger charge is -2.41. The van der Waals surface area contributed by atoms with Gasteiger partial charge in [-0.05, 0) is 89.9 Å². The summed E-state index contributed by atoms with van der Waals surface area (Å²) in [4.78, 5) is 26.5. The molecule has 0 aliphatic carbocycles. The van der Waals surface area contributed by atoms with Crippen LogP contribution in [0.25, 0.3) is 0 Å². The van der Waals surface area contributed by atoms with Crippen molar-refractivity contribution in [3.8, 4) is 0 Å². The Bertz CT molecular complexity index is 1490. The summed E-state index contributed by atoms with van der Waals surface area (Å²) in [6.07, 6.45) is 55.0. The smallest absolute Gasteiger partial charge is 0.306 e. The topological polar surface area (TPSA) is 175 Å². The van der Waals surface area contributed by atoms with Crippen LogP contribution in [0.15, 0.2) is 72.9 Å². The van der Waals surface area contributed by atoms with Crippen LogP contribution < -0.4 is 5.32 Å². The van der Waals surface area contributed by atoms with E-state index in [1.54, 1.807) is 6.08 Å². The monoisotopic (exact) mass is 1060 g/mol. The van der Waals surface area contributed by atoms with E-state index in [0.29, 0.717) is 12.8 Å². The van der Waals surface area contributed by atoms with Crippen molar-refractivity contribution in [3.05, 3.63) is 72.9 Å². The van der Waals surface area contributed by atoms with Gasteiger partial charge in [0.15, 0.2) is 12.4 Å². The molecule has 8 unspecified atom stereocenters. The number of hydrogen-bond acceptors (Lipinski definition) is 10. The zero-order valence-electron chi connectivity index (χ0n) is 47.9. The standard InChI is InChI=1S/C64H113NO10/c1-4-7-10-13-16-19-22-24-26-27-28-29-30-32-33-36-39-42-45-48-51-57(68)63(72)65-55(56(67)50-47-44-41-38-35-21-18-15-12-9-6-3)54-73-64-62(61(71)60(70)58(53-66)74-64)75-59(69)52-49-46-43-40-37-34-31-25-23-20-17-14-11-8-5-2/h16-17,19-20,23-26,28-29,47,50,55-58,60-62,64,66-68,70-71H,4-15,18,21-22,27,30-46,48-49,51-54H2,1-3H3,(H,65,72)/b19-16-,20-17+,25-23+,26-24-,29-28-,50-47+. The van der Waals surface area contributed by atoms with Crippen LogP contribution in [0.1, 0.15) is 258 Å². The number of esters is 1. The molecule has 6 N–H and O–H groups in total. The van der Waals surface area contributed by atoms with Crippen LogP contribution in [0.3, 0.4) is 0 Å². The Morgan fingerprint density at radius 2 is 0.960 bits per heavy atom. The van der Waals surface area contributed by atoms with Crippen molar-refractivity contribution in [1.29, 1.82) is 0 Å². The highest BCUT2D eigenvalue weighted by Gasteiger charge is 2.47. The second kappa shape index (κ2) is 51.8. The lowest BCUT2D eigenvalue weighted by atomic mass is 9.99. The normalized spacial score (nSPS) is 19.7. The van der Waals surface area contributed by atoms with Crippen LogP contribution in [0.4, 0.5) is 0 Å². The van der Waals surface area contributed by atoms with Crippen molar-refractivity contribution in [2.75, 3.05) is 13.2 Å². The van der Waals surface area contributed by atoms with Gasteiger partial charge in [-0.2, -0.15) is 0 Å². The molecule has 1 aliphatic rings. The maximum absolute atomic E-state index is 13.4. The van der Waals surface area contributed by atoms with E-state index >= 15 is 0 Å². The van der Waals surface area contributed by atoms with Gasteiger partial charge in [0, 0.05) is 6.42 Å². The number of rotatable bonds is 51. The molecular weight excluding hydrogens is 943 g/mol. The number of unbranched alkanes of at least 4 members (excludes halogenated alkanes) is 28. The molecule has 0 aromatic heterocycles. The number of aliphatic hydroxyl groups is 5. The van der Waals surface area contributed by atoms with Gasteiger partial charge in [0.05, 0.1) is 25.4 Å². The number of hydrogen-bond donors (Lipinski definition) is 6. The maximum Gasteiger partial charge on any atom is 0.306 e. The van der Waals surface area contributed by atoms with Crippen LogP contribution in [0, 0.1) is 0 Å². The van der Waals surface area contributed by atoms with E-state index < -0.39 is 67.4 Å². The maximum atomic E-state index is 13.4. The fraction of sp³-hybridized carbons (Fsp3) is 0.781. The minimum absolute atomic E-state index is 0.107. The molecule has 11 heteroatoms. The Kier molecular flexibility index (Phi) is 48.5. The SMILES string of the molecule is CCCCC/C=C\C/C=C\C/C=C\CCCCCCCCCC(O)C(=O)NC(COC1OC(CO)C(O)C(O)C1OC(=O)CCCCCCCC/C=C/C=C/CCCCC)C(O)/C=C/CCCCCCCCCCC. The summed E-state index contributed by atoms with van der Waals surface area (Å²) < 4.78 is 17.6. The van der Waals surface area contributed by atoms with Crippen molar-refractivity contribution < 1.29 is 49.3 Å². The largest absolute Gasteiger partial charge is 0.454 e. The lowest BCUT2D eigenvalue weighted by molar-refractivity contribution is -0.305. The molecule has 0 aromatic carbocycles. The summed E-state index contributed by atoms with van der Waals surface area (Å²) in [6, 6.07) is -1.03. The Balaban J connectivity index is 2.68. The van der Waals surface area contributed by atoms with Gasteiger partial charge in [-0.25, -0.2) is 0 Å². The summed E-state index contributed by atoms with van der Waals surface area (Å²) in [5, 5.41) is 56.9. The van der Waals surface area contributed by atoms with Gasteiger partial charge >= 0.3 is 5.97 Å². The predicted octanol–water partition coefficient (Wildman–Crippen LogP) is 14.4. The van der Waals surface area contributed by atoms with Gasteiger partial charge in [0.25, 0.3) is 0 Å². The van der Waals surface area contributed by atoms with Crippen LogP contribution in [0.2, 0.25) is 0 Å². The number of aliphatic hydroxyl groups excluding tert-OH is 5. The molecule has 1 saturated heterocycles. The summed E-state index contributed by atoms with van der Waals surface area (Å²) >= 11 is 0. The first kappa shape index (κ1) is 70.1. The molecule has 11 nitrogen and oxygen atoms in total. The Morgan fingerprint density at radius 3 is 1.48 bits per heavy atom. The number of amides is 1. The third kappa shape index (κ3) is 40.0. The second-order valence-corrected chi connectivity index (χ2v) is 21.1. The second-order valence-electron chi connectivity index (χ2n) is 21.1. The van der Waals surface area contributed by atoms with Crippen molar-refractivity contribution in [3.63, 3.8) is 0 Å². The molecule has 0 aromatic rings. The van der Waals surface area contributed by atoms with E-state index in [1.165, 1.54) is 103 Å². The third-order valence-electron chi connectivity index (χ3n) is 14.1. The minimum atomic E-state index is -1.62. The van der Waals surface area contributed by atoms with E-state index in [2.05, 4.69) is 86.8 Å². The zero-order chi connectivity index (χ0) is 54.7. The average molecular weight is 1060 g/mol. The lowest BCUT2D eigenvalue weighted by Crippen LogP contribution is -2.61. The first-order valence-corrected chi connectivity index (χ1v) is 30.7. The van der Waals surface area contributed by atoms with Gasteiger partial charge < -0.3 is 45.1 Å². The fourth-order valence-corrected chi connectivity index (χ4v) is 9.18. The highest BCUT2D eigenvalue weighted by Crippen LogP contribution is 2.26. The summed E-state index contributed by atoms with van der Waals surface area (Å²) in [6.45, 7) is 5.71. The molecule has 0 bridgehead atoms. The molecule has 1 fully saturated rings. The molecule has 75 heavy (non-hydrogen) atoms. The Hall–Kier alpha value is -2.90. The summed E-state index contributed by atoms with van der Waals surface area (Å²) in [7, 11) is 0. The van der Waals surface area contributed by atoms with Crippen molar-refractivity contribution in [2.24, 2.45) is 0 Å². The predicted molar refractivity (Wildman–Crippen MR) is 310 cm³/mol. The number of allylic oxidation sites excluding steroid dienone is 11. The van der Waals surface area contributed by atoms with E-state index in [0.717, 1.165) is 109 Å². The van der Waals surface area contributed by atoms with Gasteiger partial charge in [-0.3, -0.25) is 9.59 Å². The number of carbonyl (C=O) groups excluding carboxylic acids is 2. The van der Waals surface area contributed by atoms with Gasteiger partial charge in [-0.1, -0.05) is 235 Å². The average Bonchev–Trinajstić information content (AvgIpc) is 3.41. The quantitative estimate of drug-likeness (QED) is 0.0149. The number of ether oxygens (including phenoxy) is 3. The van der Waals surface area contributed by atoms with E-state index in [9.17, 15) is 35.1 Å². The Labute approximate surface area is 458 Å². The molecular formula is C64H113NO10. The zero-order valence-corrected chi connectivity index (χ0v) is 47.9. The first-order chi connectivity index (χ1) is 36.7. The van der Waals surface area contributed by atoms with Crippen LogP contribution in [0.5, 0.6) is 0 Å². The third-order valence-corrected chi connectivity index (χ3v) is 14.1. The highest BCUT2D eigenvalue weighted by atomic mass is 16.7. The minimum Gasteiger partial charge on any atom is -0.454 e. The number of nitrogens with one attached hydrogen (secondary N) is 1. The molecule has 1 rings (SSSR count). The number of carbonyl (C=O) groups is 2. The van der Waals surface area contributed by atoms with E-state index in [4.69, 9.17) is 14.2 Å². The van der Waals surface area contributed by atoms with Gasteiger partial charge in [-0.15, -0.1) is 0 Å². The van der Waals surface area contributed by atoms with Crippen molar-refractivity contribution >= 4 is 11.9 Å². The molecule has 1 aliphatic heterocycles. The first-order valence-electron chi connectivity index (χ1n) is 30.7. The van der Waals surface area contributed by atoms with E-state index in [-0.39, 0.29) is 19.4 Å². The van der Waals surface area contributed by atoms with Crippen molar-refractivity contribution in [1.82, 2.24) is 5.32 Å². The van der Waals surface area contributed by atoms with E-state index in [1.807, 2.05) is 6.08 Å². The van der Waals surface area contributed by atoms with Crippen molar-refractivity contribution in [2.45, 2.75) is 307 Å². The molecule has 1 amide bonds. The summed E-state index contributed by atoms with van der Waals surface area (Å²) in [5.41, 5.74) is 0. The Morgan fingerprint density at radius 1 is 0.533 bits per heavy atom. The molecule has 8 atom stereocenters. The summed E-state index contributed by atoms with van der Waals surface area (Å²) in [5.74, 6) is -1.22. The van der Waals surface area contributed by atoms with Crippen LogP contribution >= 0.6 is 0 Å². The van der Waals surface area contributed by atoms with Gasteiger partial charge in [0.2, 0.25) is 5.91 Å². The highest BCUT2D eigenvalue weighted by molar-refractivity contribution is 5.80. The molecule has 0 radical (unpaired) electrons. The molecule has 0 spiro atoms. The van der Waals surface area contributed by atoms with Crippen LogP contribution in [-0.4, -0.2) is 99.6 Å². The van der Waals surface area contributed by atoms with Gasteiger partial charge in [0.1, 0.15) is 24.4 Å². The fourth-order valence-electron chi connectivity index (χ4n) is 9.18. The van der Waals surface area contributed by atoms with Crippen LogP contribution in [-0.2, 0) is 23.8 Å². The molecule has 1 heterocycles.